The number of carbonyl (C=O) groups excluding carboxylic acids is 1. The van der Waals surface area contributed by atoms with Gasteiger partial charge < -0.3 is 10.1 Å². The molecular weight excluding hydrogens is 302 g/mol. The maximum absolute atomic E-state index is 11.8. The summed E-state index contributed by atoms with van der Waals surface area (Å²) in [5.41, 5.74) is 1.27. The average Bonchev–Trinajstić information content (AvgIpc) is 2.75. The highest BCUT2D eigenvalue weighted by Crippen LogP contribution is 2.24. The molecule has 122 valence electrons. The topological polar surface area (TPSA) is 72.5 Å². The number of hydrogen-bond acceptors (Lipinski definition) is 4. The van der Waals surface area contributed by atoms with Crippen LogP contribution in [-0.2, 0) is 20.0 Å². The van der Waals surface area contributed by atoms with Crippen molar-refractivity contribution in [2.24, 2.45) is 0 Å². The molecule has 22 heavy (non-hydrogen) atoms. The fourth-order valence-corrected chi connectivity index (χ4v) is 4.05. The van der Waals surface area contributed by atoms with Crippen LogP contribution in [0, 0.1) is 0 Å². The Kier molecular flexibility index (Phi) is 4.80. The van der Waals surface area contributed by atoms with Gasteiger partial charge in [0.2, 0.25) is 0 Å². The minimum atomic E-state index is -2.98. The van der Waals surface area contributed by atoms with Crippen molar-refractivity contribution >= 4 is 15.7 Å². The van der Waals surface area contributed by atoms with Gasteiger partial charge in [-0.2, -0.15) is 0 Å². The summed E-state index contributed by atoms with van der Waals surface area (Å²) >= 11 is 0. The zero-order valence-electron chi connectivity index (χ0n) is 13.3. The fraction of sp³-hybridized carbons (Fsp3) is 0.562. The number of ether oxygens (including phenoxy) is 1. The van der Waals surface area contributed by atoms with Crippen LogP contribution in [0.25, 0.3) is 0 Å². The van der Waals surface area contributed by atoms with Gasteiger partial charge in [0, 0.05) is 6.04 Å². The van der Waals surface area contributed by atoms with Crippen molar-refractivity contribution < 1.29 is 17.9 Å². The Bertz CT molecular complexity index is 629. The second kappa shape index (κ2) is 6.28. The lowest BCUT2D eigenvalue weighted by Crippen LogP contribution is -2.38. The van der Waals surface area contributed by atoms with Crippen molar-refractivity contribution in [2.75, 3.05) is 18.1 Å². The highest BCUT2D eigenvalue weighted by Gasteiger charge is 2.28. The number of benzene rings is 1. The van der Waals surface area contributed by atoms with E-state index in [0.717, 1.165) is 0 Å². The van der Waals surface area contributed by atoms with Crippen LogP contribution in [0.15, 0.2) is 24.3 Å². The summed E-state index contributed by atoms with van der Waals surface area (Å²) in [4.78, 5) is 11.8. The van der Waals surface area contributed by atoms with Gasteiger partial charge in [-0.3, -0.25) is 4.79 Å². The summed E-state index contributed by atoms with van der Waals surface area (Å²) in [5.74, 6) is 0.510. The third-order valence-corrected chi connectivity index (χ3v) is 5.46. The molecular formula is C16H23NO4S. The van der Waals surface area contributed by atoms with Crippen molar-refractivity contribution in [1.82, 2.24) is 5.32 Å². The molecule has 1 aliphatic heterocycles. The van der Waals surface area contributed by atoms with Gasteiger partial charge in [0.05, 0.1) is 11.5 Å². The summed E-state index contributed by atoms with van der Waals surface area (Å²) in [6, 6.07) is 7.36. The summed E-state index contributed by atoms with van der Waals surface area (Å²) in [7, 11) is -2.98. The Balaban J connectivity index is 1.81. The summed E-state index contributed by atoms with van der Waals surface area (Å²) in [6.07, 6.45) is 0.481. The lowest BCUT2D eigenvalue weighted by Gasteiger charge is -2.19. The van der Waals surface area contributed by atoms with E-state index in [1.165, 1.54) is 5.56 Å². The third kappa shape index (κ3) is 4.73. The first-order valence-electron chi connectivity index (χ1n) is 7.39. The molecule has 1 heterocycles. The van der Waals surface area contributed by atoms with E-state index >= 15 is 0 Å². The molecule has 1 amide bonds. The first-order valence-corrected chi connectivity index (χ1v) is 9.21. The number of sulfone groups is 1. The molecule has 1 aromatic rings. The van der Waals surface area contributed by atoms with E-state index < -0.39 is 9.84 Å². The Hall–Kier alpha value is -1.56. The van der Waals surface area contributed by atoms with Crippen LogP contribution in [0.5, 0.6) is 5.75 Å². The predicted molar refractivity (Wildman–Crippen MR) is 85.8 cm³/mol. The molecule has 1 aromatic carbocycles. The van der Waals surface area contributed by atoms with Crippen LogP contribution in [0.3, 0.4) is 0 Å². The predicted octanol–water partition coefficient (Wildman–Crippen LogP) is 1.67. The molecule has 0 unspecified atom stereocenters. The molecule has 0 aromatic heterocycles. The van der Waals surface area contributed by atoms with Gasteiger partial charge in [0.1, 0.15) is 5.75 Å². The van der Waals surface area contributed by atoms with Crippen molar-refractivity contribution in [3.05, 3.63) is 29.8 Å². The van der Waals surface area contributed by atoms with E-state index in [0.29, 0.717) is 12.2 Å². The number of rotatable bonds is 4. The number of nitrogens with one attached hydrogen (secondary N) is 1. The highest BCUT2D eigenvalue weighted by atomic mass is 32.2. The van der Waals surface area contributed by atoms with Gasteiger partial charge >= 0.3 is 0 Å². The number of carbonyl (C=O) groups is 1. The van der Waals surface area contributed by atoms with Gasteiger partial charge in [0.25, 0.3) is 5.91 Å². The van der Waals surface area contributed by atoms with Crippen molar-refractivity contribution in [1.29, 1.82) is 0 Å². The lowest BCUT2D eigenvalue weighted by molar-refractivity contribution is -0.123. The van der Waals surface area contributed by atoms with Crippen LogP contribution in [-0.4, -0.2) is 38.5 Å². The molecule has 1 aliphatic rings. The molecule has 0 saturated carbocycles. The summed E-state index contributed by atoms with van der Waals surface area (Å²) in [6.45, 7) is 6.29. The van der Waals surface area contributed by atoms with Crippen LogP contribution in [0.1, 0.15) is 32.8 Å². The third-order valence-electron chi connectivity index (χ3n) is 3.69. The highest BCUT2D eigenvalue weighted by molar-refractivity contribution is 7.91. The Morgan fingerprint density at radius 3 is 2.41 bits per heavy atom. The van der Waals surface area contributed by atoms with E-state index in [2.05, 4.69) is 26.1 Å². The Morgan fingerprint density at radius 2 is 1.91 bits per heavy atom. The molecule has 0 bridgehead atoms. The maximum atomic E-state index is 11.8. The minimum Gasteiger partial charge on any atom is -0.484 e. The zero-order chi connectivity index (χ0) is 16.4. The standard InChI is InChI=1S/C16H23NO4S/c1-16(2,3)12-4-6-14(7-5-12)21-10-15(18)17-13-8-9-22(19,20)11-13/h4-7,13H,8-11H2,1-3H3,(H,17,18)/t13-/m1/s1. The fourth-order valence-electron chi connectivity index (χ4n) is 2.38. The SMILES string of the molecule is CC(C)(C)c1ccc(OCC(=O)N[C@@H]2CCS(=O)(=O)C2)cc1. The second-order valence-corrected chi connectivity index (χ2v) is 8.96. The first kappa shape index (κ1) is 16.8. The average molecular weight is 325 g/mol. The second-order valence-electron chi connectivity index (χ2n) is 6.73. The van der Waals surface area contributed by atoms with Gasteiger partial charge in [-0.25, -0.2) is 8.42 Å². The van der Waals surface area contributed by atoms with Crippen molar-refractivity contribution in [3.8, 4) is 5.75 Å². The van der Waals surface area contributed by atoms with E-state index in [-0.39, 0.29) is 35.5 Å². The smallest absolute Gasteiger partial charge is 0.258 e. The van der Waals surface area contributed by atoms with Crippen LogP contribution >= 0.6 is 0 Å². The normalized spacial score (nSPS) is 20.6. The summed E-state index contributed by atoms with van der Waals surface area (Å²) in [5, 5.41) is 2.70. The maximum Gasteiger partial charge on any atom is 0.258 e. The van der Waals surface area contributed by atoms with E-state index in [4.69, 9.17) is 4.74 Å². The molecule has 5 nitrogen and oxygen atoms in total. The summed E-state index contributed by atoms with van der Waals surface area (Å²) < 4.78 is 28.1. The van der Waals surface area contributed by atoms with Crippen LogP contribution in [0.2, 0.25) is 0 Å². The molecule has 1 N–H and O–H groups in total. The quantitative estimate of drug-likeness (QED) is 0.914. The molecule has 6 heteroatoms. The van der Waals surface area contributed by atoms with Gasteiger partial charge in [-0.1, -0.05) is 32.9 Å². The van der Waals surface area contributed by atoms with Crippen molar-refractivity contribution in [3.63, 3.8) is 0 Å². The minimum absolute atomic E-state index is 0.0268. The van der Waals surface area contributed by atoms with Crippen LogP contribution in [0.4, 0.5) is 0 Å². The van der Waals surface area contributed by atoms with Crippen LogP contribution < -0.4 is 10.1 Å². The molecule has 1 atom stereocenters. The Labute approximate surface area is 132 Å². The van der Waals surface area contributed by atoms with E-state index in [1.807, 2.05) is 24.3 Å². The number of amides is 1. The van der Waals surface area contributed by atoms with Gasteiger partial charge in [0.15, 0.2) is 16.4 Å². The molecule has 2 rings (SSSR count). The van der Waals surface area contributed by atoms with Gasteiger partial charge in [-0.15, -0.1) is 0 Å². The molecule has 1 fully saturated rings. The first-order chi connectivity index (χ1) is 10.2. The molecule has 0 spiro atoms. The lowest BCUT2D eigenvalue weighted by atomic mass is 9.87. The molecule has 0 radical (unpaired) electrons. The molecule has 1 saturated heterocycles. The Morgan fingerprint density at radius 1 is 1.27 bits per heavy atom. The zero-order valence-corrected chi connectivity index (χ0v) is 14.1. The van der Waals surface area contributed by atoms with E-state index in [9.17, 15) is 13.2 Å². The largest absolute Gasteiger partial charge is 0.484 e. The molecule has 0 aliphatic carbocycles. The van der Waals surface area contributed by atoms with Crippen molar-refractivity contribution in [2.45, 2.75) is 38.6 Å². The van der Waals surface area contributed by atoms with Gasteiger partial charge in [-0.05, 0) is 29.5 Å². The van der Waals surface area contributed by atoms with E-state index in [1.54, 1.807) is 0 Å². The monoisotopic (exact) mass is 325 g/mol. The number of hydrogen-bond donors (Lipinski definition) is 1.